The second-order valence-electron chi connectivity index (χ2n) is 6.60. The zero-order valence-electron chi connectivity index (χ0n) is 12.4. The number of nitrogens with zero attached hydrogens (tertiary/aromatic N) is 1. The summed E-state index contributed by atoms with van der Waals surface area (Å²) in [6.07, 6.45) is 13.7. The summed E-state index contributed by atoms with van der Waals surface area (Å²) in [6.45, 7) is 0. The fourth-order valence-electron chi connectivity index (χ4n) is 4.34. The van der Waals surface area contributed by atoms with Crippen LogP contribution in [0.25, 0.3) is 0 Å². The SMILES string of the molecule is O=[N+]([O-])c1ccc2c(c1)[C@H]1C=CC[C@@H]1[C@H]([C@H]1CC=CCC1)N2. The Morgan fingerprint density at radius 3 is 2.86 bits per heavy atom. The first-order chi connectivity index (χ1) is 10.7. The van der Waals surface area contributed by atoms with Gasteiger partial charge in [0.2, 0.25) is 0 Å². The summed E-state index contributed by atoms with van der Waals surface area (Å²) >= 11 is 0. The molecule has 0 spiro atoms. The predicted octanol–water partition coefficient (Wildman–Crippen LogP) is 4.40. The van der Waals surface area contributed by atoms with Crippen molar-refractivity contribution < 1.29 is 4.92 Å². The standard InChI is InChI=1S/C18H20N2O2/c21-20(22)13-9-10-17-16(11-13)14-7-4-8-15(14)18(19-17)12-5-2-1-3-6-12/h1-2,4,7,9-12,14-15,18-19H,3,5-6,8H2/t12-,14-,15-,18-/m0/s1. The zero-order valence-corrected chi connectivity index (χ0v) is 12.4. The predicted molar refractivity (Wildman–Crippen MR) is 87.0 cm³/mol. The molecule has 22 heavy (non-hydrogen) atoms. The van der Waals surface area contributed by atoms with Crippen LogP contribution in [0.2, 0.25) is 0 Å². The number of nitrogens with one attached hydrogen (secondary N) is 1. The lowest BCUT2D eigenvalue weighted by Gasteiger charge is -2.41. The van der Waals surface area contributed by atoms with Gasteiger partial charge in [-0.15, -0.1) is 0 Å². The van der Waals surface area contributed by atoms with E-state index in [4.69, 9.17) is 0 Å². The van der Waals surface area contributed by atoms with Crippen molar-refractivity contribution in [3.8, 4) is 0 Å². The molecule has 0 bridgehead atoms. The van der Waals surface area contributed by atoms with E-state index in [1.807, 2.05) is 6.07 Å². The van der Waals surface area contributed by atoms with Crippen LogP contribution in [0.5, 0.6) is 0 Å². The number of hydrogen-bond donors (Lipinski definition) is 1. The van der Waals surface area contributed by atoms with Gasteiger partial charge in [0.15, 0.2) is 0 Å². The average molecular weight is 296 g/mol. The molecule has 4 rings (SSSR count). The molecule has 0 radical (unpaired) electrons. The first-order valence-corrected chi connectivity index (χ1v) is 8.10. The van der Waals surface area contributed by atoms with Crippen LogP contribution in [0.15, 0.2) is 42.5 Å². The number of anilines is 1. The molecule has 3 aliphatic rings. The van der Waals surface area contributed by atoms with Gasteiger partial charge < -0.3 is 5.32 Å². The Morgan fingerprint density at radius 1 is 1.18 bits per heavy atom. The van der Waals surface area contributed by atoms with Crippen molar-refractivity contribution in [1.82, 2.24) is 0 Å². The van der Waals surface area contributed by atoms with Gasteiger partial charge in [-0.3, -0.25) is 10.1 Å². The molecule has 1 heterocycles. The fraction of sp³-hybridized carbons (Fsp3) is 0.444. The molecule has 0 saturated heterocycles. The molecule has 1 N–H and O–H groups in total. The van der Waals surface area contributed by atoms with Crippen LogP contribution in [0.3, 0.4) is 0 Å². The second-order valence-corrected chi connectivity index (χ2v) is 6.60. The lowest BCUT2D eigenvalue weighted by molar-refractivity contribution is -0.384. The summed E-state index contributed by atoms with van der Waals surface area (Å²) in [5, 5.41) is 14.8. The minimum Gasteiger partial charge on any atom is -0.381 e. The van der Waals surface area contributed by atoms with Gasteiger partial charge in [0.1, 0.15) is 0 Å². The Bertz CT molecular complexity index is 665. The van der Waals surface area contributed by atoms with Crippen LogP contribution >= 0.6 is 0 Å². The summed E-state index contributed by atoms with van der Waals surface area (Å²) < 4.78 is 0. The Labute approximate surface area is 130 Å². The van der Waals surface area contributed by atoms with E-state index in [9.17, 15) is 10.1 Å². The van der Waals surface area contributed by atoms with Crippen molar-refractivity contribution >= 4 is 11.4 Å². The van der Waals surface area contributed by atoms with Crippen molar-refractivity contribution in [2.45, 2.75) is 37.6 Å². The number of hydrogen-bond acceptors (Lipinski definition) is 3. The summed E-state index contributed by atoms with van der Waals surface area (Å²) in [4.78, 5) is 10.8. The summed E-state index contributed by atoms with van der Waals surface area (Å²) in [6, 6.07) is 5.73. The molecule has 114 valence electrons. The number of allylic oxidation sites excluding steroid dienone is 4. The van der Waals surface area contributed by atoms with E-state index < -0.39 is 0 Å². The number of nitro benzene ring substituents is 1. The minimum absolute atomic E-state index is 0.193. The van der Waals surface area contributed by atoms with Gasteiger partial charge in [0.05, 0.1) is 4.92 Å². The number of rotatable bonds is 2. The van der Waals surface area contributed by atoms with Crippen LogP contribution < -0.4 is 5.32 Å². The quantitative estimate of drug-likeness (QED) is 0.500. The molecule has 1 aromatic carbocycles. The Hall–Kier alpha value is -2.10. The van der Waals surface area contributed by atoms with Gasteiger partial charge in [-0.05, 0) is 49.1 Å². The molecular weight excluding hydrogens is 276 g/mol. The molecule has 4 heteroatoms. The molecular formula is C18H20N2O2. The van der Waals surface area contributed by atoms with Gasteiger partial charge in [0, 0.05) is 29.8 Å². The summed E-state index contributed by atoms with van der Waals surface area (Å²) in [5.74, 6) is 1.53. The molecule has 4 nitrogen and oxygen atoms in total. The first-order valence-electron chi connectivity index (χ1n) is 8.10. The van der Waals surface area contributed by atoms with Crippen LogP contribution in [0, 0.1) is 22.0 Å². The maximum Gasteiger partial charge on any atom is 0.269 e. The summed E-state index contributed by atoms with van der Waals surface area (Å²) in [7, 11) is 0. The van der Waals surface area contributed by atoms with Crippen molar-refractivity contribution in [3.05, 3.63) is 58.2 Å². The third kappa shape index (κ3) is 2.14. The van der Waals surface area contributed by atoms with Crippen LogP contribution in [-0.4, -0.2) is 11.0 Å². The van der Waals surface area contributed by atoms with Gasteiger partial charge in [-0.25, -0.2) is 0 Å². The highest BCUT2D eigenvalue weighted by Crippen LogP contribution is 2.48. The average Bonchev–Trinajstić information content (AvgIpc) is 3.04. The van der Waals surface area contributed by atoms with E-state index in [2.05, 4.69) is 29.6 Å². The molecule has 0 unspecified atom stereocenters. The smallest absolute Gasteiger partial charge is 0.269 e. The maximum atomic E-state index is 11.1. The molecule has 0 fully saturated rings. The fourth-order valence-corrected chi connectivity index (χ4v) is 4.34. The maximum absolute atomic E-state index is 11.1. The van der Waals surface area contributed by atoms with Gasteiger partial charge in [0.25, 0.3) is 5.69 Å². The highest BCUT2D eigenvalue weighted by molar-refractivity contribution is 5.62. The molecule has 0 saturated carbocycles. The lowest BCUT2D eigenvalue weighted by Crippen LogP contribution is -2.41. The highest BCUT2D eigenvalue weighted by Gasteiger charge is 2.40. The first kappa shape index (κ1) is 13.6. The van der Waals surface area contributed by atoms with Gasteiger partial charge in [-0.1, -0.05) is 24.3 Å². The zero-order chi connectivity index (χ0) is 15.1. The largest absolute Gasteiger partial charge is 0.381 e. The Kier molecular flexibility index (Phi) is 3.25. The lowest BCUT2D eigenvalue weighted by atomic mass is 9.72. The third-order valence-corrected chi connectivity index (χ3v) is 5.42. The number of non-ortho nitro benzene ring substituents is 1. The molecule has 0 amide bonds. The van der Waals surface area contributed by atoms with E-state index in [0.717, 1.165) is 24.1 Å². The van der Waals surface area contributed by atoms with Crippen LogP contribution in [-0.2, 0) is 0 Å². The van der Waals surface area contributed by atoms with Crippen LogP contribution in [0.1, 0.15) is 37.2 Å². The Morgan fingerprint density at radius 2 is 2.09 bits per heavy atom. The molecule has 0 aromatic heterocycles. The van der Waals surface area contributed by atoms with E-state index in [0.29, 0.717) is 23.8 Å². The molecule has 4 atom stereocenters. The van der Waals surface area contributed by atoms with Crippen molar-refractivity contribution in [3.63, 3.8) is 0 Å². The third-order valence-electron chi connectivity index (χ3n) is 5.42. The van der Waals surface area contributed by atoms with E-state index in [1.54, 1.807) is 12.1 Å². The highest BCUT2D eigenvalue weighted by atomic mass is 16.6. The number of nitro groups is 1. The summed E-state index contributed by atoms with van der Waals surface area (Å²) in [5.41, 5.74) is 2.37. The molecule has 1 aromatic rings. The normalized spacial score (nSPS) is 32.2. The van der Waals surface area contributed by atoms with Crippen molar-refractivity contribution in [2.24, 2.45) is 11.8 Å². The second kappa shape index (κ2) is 5.27. The molecule has 1 aliphatic heterocycles. The van der Waals surface area contributed by atoms with Crippen LogP contribution in [0.4, 0.5) is 11.4 Å². The molecule has 2 aliphatic carbocycles. The number of fused-ring (bicyclic) bond motifs is 3. The Balaban J connectivity index is 1.70. The number of benzene rings is 1. The minimum atomic E-state index is -0.300. The van der Waals surface area contributed by atoms with Gasteiger partial charge >= 0.3 is 0 Å². The van der Waals surface area contributed by atoms with Crippen molar-refractivity contribution in [2.75, 3.05) is 5.32 Å². The van der Waals surface area contributed by atoms with Crippen molar-refractivity contribution in [1.29, 1.82) is 0 Å². The van der Waals surface area contributed by atoms with E-state index in [-0.39, 0.29) is 10.6 Å². The monoisotopic (exact) mass is 296 g/mol. The van der Waals surface area contributed by atoms with Gasteiger partial charge in [-0.2, -0.15) is 0 Å². The van der Waals surface area contributed by atoms with E-state index >= 15 is 0 Å². The topological polar surface area (TPSA) is 55.2 Å². The van der Waals surface area contributed by atoms with E-state index in [1.165, 1.54) is 12.8 Å².